The van der Waals surface area contributed by atoms with E-state index in [4.69, 9.17) is 0 Å². The van der Waals surface area contributed by atoms with Crippen LogP contribution in [0, 0.1) is 11.7 Å². The van der Waals surface area contributed by atoms with Crippen LogP contribution in [-0.4, -0.2) is 35.4 Å². The average molecular weight is 347 g/mol. The van der Waals surface area contributed by atoms with Gasteiger partial charge in [-0.3, -0.25) is 9.69 Å². The van der Waals surface area contributed by atoms with Crippen molar-refractivity contribution in [2.45, 2.75) is 26.3 Å². The highest BCUT2D eigenvalue weighted by Gasteiger charge is 2.25. The van der Waals surface area contributed by atoms with Crippen molar-refractivity contribution < 1.29 is 9.18 Å². The summed E-state index contributed by atoms with van der Waals surface area (Å²) in [4.78, 5) is 18.9. The van der Waals surface area contributed by atoms with Gasteiger partial charge in [0.1, 0.15) is 10.8 Å². The van der Waals surface area contributed by atoms with Gasteiger partial charge in [0.25, 0.3) is 0 Å². The van der Waals surface area contributed by atoms with Crippen LogP contribution in [0.1, 0.15) is 25.5 Å². The molecule has 0 unspecified atom stereocenters. The van der Waals surface area contributed by atoms with Gasteiger partial charge in [0.2, 0.25) is 5.91 Å². The molecular formula is C18H22FN3OS. The first-order valence-corrected chi connectivity index (χ1v) is 9.24. The number of thiazole rings is 1. The van der Waals surface area contributed by atoms with Crippen molar-refractivity contribution in [2.75, 3.05) is 19.6 Å². The fourth-order valence-corrected chi connectivity index (χ4v) is 3.94. The molecule has 1 aliphatic heterocycles. The number of piperidine rings is 1. The second-order valence-corrected chi connectivity index (χ2v) is 6.95. The number of nitrogens with one attached hydrogen (secondary N) is 1. The van der Waals surface area contributed by atoms with Crippen LogP contribution in [0.3, 0.4) is 0 Å². The zero-order chi connectivity index (χ0) is 16.9. The Kier molecular flexibility index (Phi) is 5.58. The van der Waals surface area contributed by atoms with Gasteiger partial charge in [-0.25, -0.2) is 9.37 Å². The Hall–Kier alpha value is -1.79. The Morgan fingerprint density at radius 3 is 3.08 bits per heavy atom. The summed E-state index contributed by atoms with van der Waals surface area (Å²) in [6.07, 6.45) is 1.96. The number of rotatable bonds is 5. The van der Waals surface area contributed by atoms with Crippen LogP contribution in [-0.2, 0) is 11.3 Å². The first-order valence-electron chi connectivity index (χ1n) is 8.36. The number of carbonyl (C=O) groups excluding carboxylic acids is 1. The Morgan fingerprint density at radius 1 is 1.46 bits per heavy atom. The molecule has 3 rings (SSSR count). The number of carbonyl (C=O) groups is 1. The van der Waals surface area contributed by atoms with E-state index in [1.807, 2.05) is 18.4 Å². The molecule has 1 aromatic heterocycles. The van der Waals surface area contributed by atoms with Gasteiger partial charge in [0.05, 0.1) is 11.6 Å². The lowest BCUT2D eigenvalue weighted by Gasteiger charge is -2.31. The van der Waals surface area contributed by atoms with Gasteiger partial charge in [-0.05, 0) is 38.4 Å². The van der Waals surface area contributed by atoms with Gasteiger partial charge in [0.15, 0.2) is 0 Å². The van der Waals surface area contributed by atoms with Gasteiger partial charge < -0.3 is 5.32 Å². The largest absolute Gasteiger partial charge is 0.356 e. The third-order valence-corrected chi connectivity index (χ3v) is 5.19. The molecule has 0 aliphatic carbocycles. The van der Waals surface area contributed by atoms with Crippen molar-refractivity contribution in [3.05, 3.63) is 41.2 Å². The number of aromatic nitrogens is 1. The maximum absolute atomic E-state index is 13.9. The van der Waals surface area contributed by atoms with E-state index >= 15 is 0 Å². The quantitative estimate of drug-likeness (QED) is 0.903. The lowest BCUT2D eigenvalue weighted by molar-refractivity contribution is -0.126. The van der Waals surface area contributed by atoms with E-state index in [0.29, 0.717) is 23.7 Å². The van der Waals surface area contributed by atoms with Gasteiger partial charge in [-0.15, -0.1) is 11.3 Å². The van der Waals surface area contributed by atoms with Crippen molar-refractivity contribution in [2.24, 2.45) is 5.92 Å². The molecule has 1 N–H and O–H groups in total. The topological polar surface area (TPSA) is 45.2 Å². The van der Waals surface area contributed by atoms with E-state index in [2.05, 4.69) is 15.2 Å². The second-order valence-electron chi connectivity index (χ2n) is 6.09. The summed E-state index contributed by atoms with van der Waals surface area (Å²) < 4.78 is 13.9. The third kappa shape index (κ3) is 3.99. The molecule has 0 saturated carbocycles. The van der Waals surface area contributed by atoms with E-state index < -0.39 is 0 Å². The first kappa shape index (κ1) is 17.0. The van der Waals surface area contributed by atoms with Crippen molar-refractivity contribution in [1.29, 1.82) is 0 Å². The number of hydrogen-bond acceptors (Lipinski definition) is 4. The smallest absolute Gasteiger partial charge is 0.224 e. The van der Waals surface area contributed by atoms with Gasteiger partial charge in [-0.1, -0.05) is 12.1 Å². The second kappa shape index (κ2) is 7.85. The summed E-state index contributed by atoms with van der Waals surface area (Å²) in [5.41, 5.74) is 1.49. The zero-order valence-corrected chi connectivity index (χ0v) is 14.6. The van der Waals surface area contributed by atoms with E-state index in [0.717, 1.165) is 31.6 Å². The molecule has 0 bridgehead atoms. The summed E-state index contributed by atoms with van der Waals surface area (Å²) in [5.74, 6) is -0.0384. The molecule has 1 aromatic carbocycles. The monoisotopic (exact) mass is 347 g/mol. The maximum Gasteiger partial charge on any atom is 0.224 e. The first-order chi connectivity index (χ1) is 11.7. The summed E-state index contributed by atoms with van der Waals surface area (Å²) in [7, 11) is 0. The minimum atomic E-state index is -0.243. The number of likely N-dealkylation sites (tertiary alicyclic amines) is 1. The van der Waals surface area contributed by atoms with Crippen LogP contribution in [0.4, 0.5) is 4.39 Å². The van der Waals surface area contributed by atoms with Crippen molar-refractivity contribution in [3.8, 4) is 10.6 Å². The molecule has 2 heterocycles. The fourth-order valence-electron chi connectivity index (χ4n) is 3.10. The minimum Gasteiger partial charge on any atom is -0.356 e. The molecule has 2 aromatic rings. The number of halogens is 1. The molecule has 1 fully saturated rings. The van der Waals surface area contributed by atoms with Gasteiger partial charge in [-0.2, -0.15) is 0 Å². The lowest BCUT2D eigenvalue weighted by Crippen LogP contribution is -2.42. The van der Waals surface area contributed by atoms with E-state index in [1.54, 1.807) is 12.1 Å². The minimum absolute atomic E-state index is 0.0587. The molecule has 1 atom stereocenters. The summed E-state index contributed by atoms with van der Waals surface area (Å²) in [6, 6.07) is 6.71. The fraction of sp³-hybridized carbons (Fsp3) is 0.444. The predicted octanol–water partition coefficient (Wildman–Crippen LogP) is 3.30. The van der Waals surface area contributed by atoms with Crippen LogP contribution < -0.4 is 5.32 Å². The molecule has 6 heteroatoms. The molecule has 1 saturated heterocycles. The van der Waals surface area contributed by atoms with Crippen LogP contribution >= 0.6 is 11.3 Å². The summed E-state index contributed by atoms with van der Waals surface area (Å²) >= 11 is 1.46. The Bertz CT molecular complexity index is 703. The number of hydrogen-bond donors (Lipinski definition) is 1. The van der Waals surface area contributed by atoms with E-state index in [1.165, 1.54) is 17.4 Å². The molecule has 0 spiro atoms. The standard InChI is InChI=1S/C18H22FN3OS/c1-2-20-17(23)13-6-5-9-22(10-13)11-14-12-24-18(21-14)15-7-3-4-8-16(15)19/h3-4,7-8,12-13H,2,5-6,9-11H2,1H3,(H,20,23)/t13-/m1/s1. The molecule has 0 radical (unpaired) electrons. The molecule has 24 heavy (non-hydrogen) atoms. The van der Waals surface area contributed by atoms with Crippen LogP contribution in [0.2, 0.25) is 0 Å². The molecule has 4 nitrogen and oxygen atoms in total. The Labute approximate surface area is 145 Å². The third-order valence-electron chi connectivity index (χ3n) is 4.27. The Balaban J connectivity index is 1.64. The summed E-state index contributed by atoms with van der Waals surface area (Å²) in [6.45, 7) is 5.06. The normalized spacial score (nSPS) is 18.5. The molecule has 1 aliphatic rings. The van der Waals surface area contributed by atoms with E-state index in [-0.39, 0.29) is 17.6 Å². The zero-order valence-electron chi connectivity index (χ0n) is 13.8. The number of nitrogens with zero attached hydrogens (tertiary/aromatic N) is 2. The van der Waals surface area contributed by atoms with Crippen LogP contribution in [0.5, 0.6) is 0 Å². The van der Waals surface area contributed by atoms with Crippen molar-refractivity contribution in [1.82, 2.24) is 15.2 Å². The van der Waals surface area contributed by atoms with Gasteiger partial charge in [0, 0.05) is 30.6 Å². The number of benzene rings is 1. The molecule has 128 valence electrons. The Morgan fingerprint density at radius 2 is 2.29 bits per heavy atom. The number of amides is 1. The van der Waals surface area contributed by atoms with Crippen molar-refractivity contribution in [3.63, 3.8) is 0 Å². The van der Waals surface area contributed by atoms with Crippen LogP contribution in [0.15, 0.2) is 29.6 Å². The highest BCUT2D eigenvalue weighted by molar-refractivity contribution is 7.13. The SMILES string of the molecule is CCNC(=O)[C@@H]1CCCN(Cc2csc(-c3ccccc3F)n2)C1. The lowest BCUT2D eigenvalue weighted by atomic mass is 9.97. The highest BCUT2D eigenvalue weighted by Crippen LogP contribution is 2.27. The predicted molar refractivity (Wildman–Crippen MR) is 94.2 cm³/mol. The molecule has 1 amide bonds. The van der Waals surface area contributed by atoms with Crippen molar-refractivity contribution >= 4 is 17.2 Å². The highest BCUT2D eigenvalue weighted by atomic mass is 32.1. The average Bonchev–Trinajstić information content (AvgIpc) is 3.04. The van der Waals surface area contributed by atoms with Crippen LogP contribution in [0.25, 0.3) is 10.6 Å². The maximum atomic E-state index is 13.9. The van der Waals surface area contributed by atoms with E-state index in [9.17, 15) is 9.18 Å². The van der Waals surface area contributed by atoms with Gasteiger partial charge >= 0.3 is 0 Å². The summed E-state index contributed by atoms with van der Waals surface area (Å²) in [5, 5.41) is 5.60. The molecular weight excluding hydrogens is 325 g/mol.